The highest BCUT2D eigenvalue weighted by Crippen LogP contribution is 2.31. The molecule has 0 unspecified atom stereocenters. The van der Waals surface area contributed by atoms with Gasteiger partial charge in [0.25, 0.3) is 0 Å². The molecule has 0 aliphatic carbocycles. The minimum absolute atomic E-state index is 0.0495. The monoisotopic (exact) mass is 224 g/mol. The fraction of sp³-hybridized carbons (Fsp3) is 0.364. The largest absolute Gasteiger partial charge is 0.504 e. The van der Waals surface area contributed by atoms with E-state index in [9.17, 15) is 9.90 Å². The van der Waals surface area contributed by atoms with Crippen molar-refractivity contribution in [2.45, 2.75) is 6.29 Å². The standard InChI is InChI=1S/C11H12O5/c1-14-10-4-7(2-3-9(10)13)11-15-5-8(12)6-16-11/h2-4,11,13H,5-6H2,1H3. The maximum Gasteiger partial charge on any atom is 0.185 e. The van der Waals surface area contributed by atoms with E-state index in [-0.39, 0.29) is 24.7 Å². The highest BCUT2D eigenvalue weighted by molar-refractivity contribution is 5.81. The summed E-state index contributed by atoms with van der Waals surface area (Å²) in [4.78, 5) is 10.9. The van der Waals surface area contributed by atoms with Gasteiger partial charge in [-0.15, -0.1) is 0 Å². The number of ether oxygens (including phenoxy) is 3. The van der Waals surface area contributed by atoms with Crippen LogP contribution < -0.4 is 4.74 Å². The Bertz CT molecular complexity index is 391. The van der Waals surface area contributed by atoms with Crippen LogP contribution in [0.25, 0.3) is 0 Å². The molecule has 86 valence electrons. The van der Waals surface area contributed by atoms with Gasteiger partial charge in [-0.25, -0.2) is 0 Å². The quantitative estimate of drug-likeness (QED) is 0.812. The number of Topliss-reactive ketones (excluding diaryl/α,β-unsaturated/α-hetero) is 1. The summed E-state index contributed by atoms with van der Waals surface area (Å²) in [6.07, 6.45) is -0.577. The van der Waals surface area contributed by atoms with E-state index >= 15 is 0 Å². The Hall–Kier alpha value is -1.59. The third-order valence-electron chi connectivity index (χ3n) is 2.27. The second kappa shape index (κ2) is 4.51. The Balaban J connectivity index is 2.17. The average molecular weight is 224 g/mol. The minimum Gasteiger partial charge on any atom is -0.504 e. The first-order valence-corrected chi connectivity index (χ1v) is 4.82. The number of benzene rings is 1. The number of phenolic OH excluding ortho intramolecular Hbond substituents is 1. The zero-order chi connectivity index (χ0) is 11.5. The van der Waals surface area contributed by atoms with E-state index < -0.39 is 6.29 Å². The van der Waals surface area contributed by atoms with Crippen LogP contribution in [-0.2, 0) is 14.3 Å². The molecule has 1 fully saturated rings. The lowest BCUT2D eigenvalue weighted by Gasteiger charge is -2.23. The molecule has 5 nitrogen and oxygen atoms in total. The van der Waals surface area contributed by atoms with Gasteiger partial charge in [-0.2, -0.15) is 0 Å². The van der Waals surface area contributed by atoms with Crippen LogP contribution in [0.3, 0.4) is 0 Å². The van der Waals surface area contributed by atoms with Gasteiger partial charge in [0.05, 0.1) is 7.11 Å². The van der Waals surface area contributed by atoms with Gasteiger partial charge in [-0.05, 0) is 12.1 Å². The third-order valence-corrected chi connectivity index (χ3v) is 2.27. The smallest absolute Gasteiger partial charge is 0.185 e. The van der Waals surface area contributed by atoms with Gasteiger partial charge in [-0.3, -0.25) is 4.79 Å². The Morgan fingerprint density at radius 3 is 2.69 bits per heavy atom. The van der Waals surface area contributed by atoms with Gasteiger partial charge in [0.15, 0.2) is 23.6 Å². The first-order chi connectivity index (χ1) is 7.70. The van der Waals surface area contributed by atoms with Gasteiger partial charge in [0, 0.05) is 5.56 Å². The number of ketones is 1. The minimum atomic E-state index is -0.577. The van der Waals surface area contributed by atoms with Crippen LogP contribution in [0.4, 0.5) is 0 Å². The van der Waals surface area contributed by atoms with Crippen molar-refractivity contribution in [3.63, 3.8) is 0 Å². The molecule has 1 aliphatic rings. The summed E-state index contributed by atoms with van der Waals surface area (Å²) in [6, 6.07) is 4.78. The predicted octanol–water partition coefficient (Wildman–Crippen LogP) is 1.02. The molecule has 5 heteroatoms. The lowest BCUT2D eigenvalue weighted by molar-refractivity contribution is -0.189. The van der Waals surface area contributed by atoms with Gasteiger partial charge in [-0.1, -0.05) is 6.07 Å². The summed E-state index contributed by atoms with van der Waals surface area (Å²) in [6.45, 7) is 0.0989. The van der Waals surface area contributed by atoms with Crippen LogP contribution >= 0.6 is 0 Å². The third kappa shape index (κ3) is 2.15. The summed E-state index contributed by atoms with van der Waals surface area (Å²) in [5.41, 5.74) is 0.710. The molecule has 0 bridgehead atoms. The lowest BCUT2D eigenvalue weighted by atomic mass is 10.2. The predicted molar refractivity (Wildman–Crippen MR) is 54.3 cm³/mol. The van der Waals surface area contributed by atoms with E-state index in [4.69, 9.17) is 14.2 Å². The summed E-state index contributed by atoms with van der Waals surface area (Å²) in [5.74, 6) is 0.321. The number of phenols is 1. The lowest BCUT2D eigenvalue weighted by Crippen LogP contribution is -2.26. The Morgan fingerprint density at radius 2 is 2.06 bits per heavy atom. The molecule has 0 radical (unpaired) electrons. The summed E-state index contributed by atoms with van der Waals surface area (Å²) in [7, 11) is 1.46. The van der Waals surface area contributed by atoms with Crippen molar-refractivity contribution in [3.8, 4) is 11.5 Å². The number of carbonyl (C=O) groups excluding carboxylic acids is 1. The second-order valence-corrected chi connectivity index (χ2v) is 3.42. The molecule has 0 spiro atoms. The van der Waals surface area contributed by atoms with E-state index in [1.165, 1.54) is 13.2 Å². The summed E-state index contributed by atoms with van der Waals surface area (Å²) in [5, 5.41) is 9.41. The van der Waals surface area contributed by atoms with Gasteiger partial charge < -0.3 is 19.3 Å². The molecule has 0 saturated carbocycles. The molecule has 1 aromatic carbocycles. The van der Waals surface area contributed by atoms with Gasteiger partial charge in [0.2, 0.25) is 0 Å². The molecule has 2 rings (SSSR count). The van der Waals surface area contributed by atoms with Crippen LogP contribution in [0, 0.1) is 0 Å². The molecule has 16 heavy (non-hydrogen) atoms. The molecule has 1 N–H and O–H groups in total. The topological polar surface area (TPSA) is 65.0 Å². The van der Waals surface area contributed by atoms with Crippen molar-refractivity contribution in [1.82, 2.24) is 0 Å². The first kappa shape index (κ1) is 10.9. The van der Waals surface area contributed by atoms with Crippen molar-refractivity contribution in [2.75, 3.05) is 20.3 Å². The molecular formula is C11H12O5. The van der Waals surface area contributed by atoms with E-state index in [0.717, 1.165) is 0 Å². The maximum absolute atomic E-state index is 10.9. The molecule has 0 amide bonds. The number of carbonyl (C=O) groups is 1. The molecule has 1 saturated heterocycles. The van der Waals surface area contributed by atoms with Gasteiger partial charge in [0.1, 0.15) is 13.2 Å². The van der Waals surface area contributed by atoms with Crippen molar-refractivity contribution in [3.05, 3.63) is 23.8 Å². The van der Waals surface area contributed by atoms with Crippen LogP contribution in [0.2, 0.25) is 0 Å². The van der Waals surface area contributed by atoms with E-state index in [0.29, 0.717) is 11.3 Å². The van der Waals surface area contributed by atoms with E-state index in [1.54, 1.807) is 12.1 Å². The van der Waals surface area contributed by atoms with Crippen molar-refractivity contribution in [1.29, 1.82) is 0 Å². The average Bonchev–Trinajstić information content (AvgIpc) is 2.31. The summed E-state index contributed by atoms with van der Waals surface area (Å²) < 4.78 is 15.4. The molecule has 1 aromatic rings. The number of hydrogen-bond acceptors (Lipinski definition) is 5. The van der Waals surface area contributed by atoms with Crippen molar-refractivity contribution in [2.24, 2.45) is 0 Å². The molecular weight excluding hydrogens is 212 g/mol. The molecule has 0 atom stereocenters. The number of methoxy groups -OCH3 is 1. The summed E-state index contributed by atoms with van der Waals surface area (Å²) >= 11 is 0. The van der Waals surface area contributed by atoms with Crippen LogP contribution in [0.15, 0.2) is 18.2 Å². The number of rotatable bonds is 2. The zero-order valence-corrected chi connectivity index (χ0v) is 8.80. The SMILES string of the molecule is COc1cc(C2OCC(=O)CO2)ccc1O. The second-order valence-electron chi connectivity index (χ2n) is 3.42. The maximum atomic E-state index is 10.9. The molecule has 0 aromatic heterocycles. The number of hydrogen-bond donors (Lipinski definition) is 1. The highest BCUT2D eigenvalue weighted by atomic mass is 16.7. The zero-order valence-electron chi connectivity index (χ0n) is 8.80. The van der Waals surface area contributed by atoms with Crippen LogP contribution in [0.5, 0.6) is 11.5 Å². The van der Waals surface area contributed by atoms with E-state index in [2.05, 4.69) is 0 Å². The van der Waals surface area contributed by atoms with Gasteiger partial charge >= 0.3 is 0 Å². The van der Waals surface area contributed by atoms with Crippen molar-refractivity contribution < 1.29 is 24.1 Å². The fourth-order valence-electron chi connectivity index (χ4n) is 1.46. The normalized spacial score (nSPS) is 17.4. The van der Waals surface area contributed by atoms with E-state index in [1.807, 2.05) is 0 Å². The van der Waals surface area contributed by atoms with Crippen LogP contribution in [-0.4, -0.2) is 31.2 Å². The molecule has 1 aliphatic heterocycles. The Labute approximate surface area is 92.5 Å². The highest BCUT2D eigenvalue weighted by Gasteiger charge is 2.22. The van der Waals surface area contributed by atoms with Crippen LogP contribution in [0.1, 0.15) is 11.9 Å². The Kier molecular flexibility index (Phi) is 3.07. The van der Waals surface area contributed by atoms with Crippen molar-refractivity contribution >= 4 is 5.78 Å². The molecule has 1 heterocycles. The fourth-order valence-corrected chi connectivity index (χ4v) is 1.46. The Morgan fingerprint density at radius 1 is 1.38 bits per heavy atom. The number of aromatic hydroxyl groups is 1. The first-order valence-electron chi connectivity index (χ1n) is 4.82.